The SMILES string of the molecule is O=C(NCCN(CCNC(=O)OCc1ccccc1)C(=O)C(F)(F)F)OCc1ccccc1. The quantitative estimate of drug-likeness (QED) is 0.559. The van der Waals surface area contributed by atoms with E-state index in [2.05, 4.69) is 10.6 Å². The van der Waals surface area contributed by atoms with Crippen molar-refractivity contribution in [2.45, 2.75) is 19.4 Å². The second kappa shape index (κ2) is 12.9. The molecule has 0 heterocycles. The Morgan fingerprint density at radius 1 is 0.727 bits per heavy atom. The Bertz CT molecular complexity index is 834. The number of benzene rings is 2. The van der Waals surface area contributed by atoms with Crippen molar-refractivity contribution >= 4 is 18.1 Å². The lowest BCUT2D eigenvalue weighted by molar-refractivity contribution is -0.185. The number of carbonyl (C=O) groups is 3. The second-order valence-electron chi connectivity index (χ2n) is 6.77. The lowest BCUT2D eigenvalue weighted by atomic mass is 10.2. The lowest BCUT2D eigenvalue weighted by Crippen LogP contribution is -2.47. The van der Waals surface area contributed by atoms with Crippen molar-refractivity contribution in [1.29, 1.82) is 0 Å². The van der Waals surface area contributed by atoms with Crippen LogP contribution in [-0.4, -0.2) is 55.3 Å². The van der Waals surface area contributed by atoms with Crippen molar-refractivity contribution in [3.05, 3.63) is 71.8 Å². The molecular formula is C22H24F3N3O5. The van der Waals surface area contributed by atoms with E-state index in [0.717, 1.165) is 11.1 Å². The van der Waals surface area contributed by atoms with Gasteiger partial charge < -0.3 is 25.0 Å². The molecule has 0 unspecified atom stereocenters. The molecule has 0 bridgehead atoms. The number of rotatable bonds is 10. The lowest BCUT2D eigenvalue weighted by Gasteiger charge is -2.24. The zero-order valence-electron chi connectivity index (χ0n) is 17.6. The van der Waals surface area contributed by atoms with E-state index in [0.29, 0.717) is 4.90 Å². The number of nitrogens with zero attached hydrogens (tertiary/aromatic N) is 1. The fraction of sp³-hybridized carbons (Fsp3) is 0.318. The van der Waals surface area contributed by atoms with Gasteiger partial charge in [0.15, 0.2) is 0 Å². The van der Waals surface area contributed by atoms with Crippen LogP contribution in [0.5, 0.6) is 0 Å². The third-order valence-electron chi connectivity index (χ3n) is 4.26. The number of ether oxygens (including phenoxy) is 2. The van der Waals surface area contributed by atoms with Gasteiger partial charge in [0.2, 0.25) is 0 Å². The molecule has 2 N–H and O–H groups in total. The first-order valence-corrected chi connectivity index (χ1v) is 10.0. The van der Waals surface area contributed by atoms with E-state index in [9.17, 15) is 27.6 Å². The average molecular weight is 467 g/mol. The molecule has 0 saturated heterocycles. The predicted molar refractivity (Wildman–Crippen MR) is 112 cm³/mol. The molecular weight excluding hydrogens is 443 g/mol. The molecule has 0 saturated carbocycles. The van der Waals surface area contributed by atoms with Crippen LogP contribution in [0, 0.1) is 0 Å². The maximum Gasteiger partial charge on any atom is 0.471 e. The van der Waals surface area contributed by atoms with Crippen molar-refractivity contribution in [2.75, 3.05) is 26.2 Å². The van der Waals surface area contributed by atoms with Crippen molar-refractivity contribution in [1.82, 2.24) is 15.5 Å². The first-order valence-electron chi connectivity index (χ1n) is 10.0. The molecule has 0 fully saturated rings. The minimum atomic E-state index is -5.10. The Morgan fingerprint density at radius 2 is 1.12 bits per heavy atom. The highest BCUT2D eigenvalue weighted by Crippen LogP contribution is 2.18. The Morgan fingerprint density at radius 3 is 1.48 bits per heavy atom. The summed E-state index contributed by atoms with van der Waals surface area (Å²) in [7, 11) is 0. The number of alkyl carbamates (subject to hydrolysis) is 2. The highest BCUT2D eigenvalue weighted by Gasteiger charge is 2.42. The summed E-state index contributed by atoms with van der Waals surface area (Å²) in [4.78, 5) is 35.6. The van der Waals surface area contributed by atoms with Gasteiger partial charge in [-0.3, -0.25) is 4.79 Å². The molecule has 2 aromatic rings. The van der Waals surface area contributed by atoms with Crippen LogP contribution in [0.1, 0.15) is 11.1 Å². The molecule has 178 valence electrons. The van der Waals surface area contributed by atoms with Gasteiger partial charge in [0.05, 0.1) is 0 Å². The highest BCUT2D eigenvalue weighted by molar-refractivity contribution is 5.82. The van der Waals surface area contributed by atoms with Crippen LogP contribution in [0.3, 0.4) is 0 Å². The van der Waals surface area contributed by atoms with Crippen LogP contribution in [0.4, 0.5) is 22.8 Å². The van der Waals surface area contributed by atoms with Gasteiger partial charge in [-0.2, -0.15) is 13.2 Å². The van der Waals surface area contributed by atoms with Crippen molar-refractivity contribution in [3.8, 4) is 0 Å². The van der Waals surface area contributed by atoms with E-state index >= 15 is 0 Å². The molecule has 33 heavy (non-hydrogen) atoms. The molecule has 0 aromatic heterocycles. The average Bonchev–Trinajstić information content (AvgIpc) is 2.80. The van der Waals surface area contributed by atoms with E-state index in [1.165, 1.54) is 0 Å². The van der Waals surface area contributed by atoms with Crippen LogP contribution >= 0.6 is 0 Å². The van der Waals surface area contributed by atoms with Crippen LogP contribution in [0.15, 0.2) is 60.7 Å². The zero-order chi connectivity index (χ0) is 24.1. The Hall–Kier alpha value is -3.76. The fourth-order valence-electron chi connectivity index (χ4n) is 2.63. The van der Waals surface area contributed by atoms with Crippen LogP contribution in [0.2, 0.25) is 0 Å². The fourth-order valence-corrected chi connectivity index (χ4v) is 2.63. The Kier molecular flexibility index (Phi) is 10.00. The number of hydrogen-bond acceptors (Lipinski definition) is 5. The van der Waals surface area contributed by atoms with Crippen LogP contribution in [0.25, 0.3) is 0 Å². The minimum absolute atomic E-state index is 0.00706. The summed E-state index contributed by atoms with van der Waals surface area (Å²) in [6.45, 7) is -1.42. The molecule has 0 radical (unpaired) electrons. The van der Waals surface area contributed by atoms with Gasteiger partial charge in [0.25, 0.3) is 0 Å². The smallest absolute Gasteiger partial charge is 0.445 e. The Labute approximate surface area is 188 Å². The number of nitrogens with one attached hydrogen (secondary N) is 2. The summed E-state index contributed by atoms with van der Waals surface area (Å²) in [5.41, 5.74) is 1.48. The zero-order valence-corrected chi connectivity index (χ0v) is 17.6. The Balaban J connectivity index is 1.74. The molecule has 0 aliphatic carbocycles. The largest absolute Gasteiger partial charge is 0.471 e. The molecule has 8 nitrogen and oxygen atoms in total. The van der Waals surface area contributed by atoms with Gasteiger partial charge in [0, 0.05) is 26.2 Å². The predicted octanol–water partition coefficient (Wildman–Crippen LogP) is 3.23. The highest BCUT2D eigenvalue weighted by atomic mass is 19.4. The summed E-state index contributed by atoms with van der Waals surface area (Å²) < 4.78 is 48.5. The standard InChI is InChI=1S/C22H24F3N3O5/c23-22(24,25)19(29)28(13-11-26-20(30)32-15-17-7-3-1-4-8-17)14-12-27-21(31)33-16-18-9-5-2-6-10-18/h1-10H,11-16H2,(H,26,30)(H,27,31). The minimum Gasteiger partial charge on any atom is -0.445 e. The number of amides is 3. The summed E-state index contributed by atoms with van der Waals surface area (Å²) in [6, 6.07) is 17.6. The van der Waals surface area contributed by atoms with Crippen LogP contribution in [-0.2, 0) is 27.5 Å². The third-order valence-corrected chi connectivity index (χ3v) is 4.26. The van der Waals surface area contributed by atoms with Gasteiger partial charge in [-0.1, -0.05) is 60.7 Å². The molecule has 0 spiro atoms. The monoisotopic (exact) mass is 467 g/mol. The summed E-state index contributed by atoms with van der Waals surface area (Å²) in [5.74, 6) is -2.08. The topological polar surface area (TPSA) is 97.0 Å². The van der Waals surface area contributed by atoms with E-state index in [4.69, 9.17) is 9.47 Å². The van der Waals surface area contributed by atoms with Gasteiger partial charge >= 0.3 is 24.3 Å². The van der Waals surface area contributed by atoms with E-state index in [1.54, 1.807) is 60.7 Å². The molecule has 0 aliphatic heterocycles. The first kappa shape index (κ1) is 25.5. The van der Waals surface area contributed by atoms with Crippen molar-refractivity contribution in [3.63, 3.8) is 0 Å². The maximum absolute atomic E-state index is 12.9. The third kappa shape index (κ3) is 9.93. The number of halogens is 3. The maximum atomic E-state index is 12.9. The molecule has 0 atom stereocenters. The van der Waals surface area contributed by atoms with Crippen LogP contribution < -0.4 is 10.6 Å². The molecule has 11 heteroatoms. The molecule has 2 aromatic carbocycles. The van der Waals surface area contributed by atoms with E-state index < -0.39 is 37.4 Å². The first-order chi connectivity index (χ1) is 15.8. The normalized spacial score (nSPS) is 10.8. The molecule has 2 rings (SSSR count). The van der Waals surface area contributed by atoms with Gasteiger partial charge in [0.1, 0.15) is 13.2 Å². The van der Waals surface area contributed by atoms with Gasteiger partial charge in [-0.05, 0) is 11.1 Å². The number of carbonyl (C=O) groups excluding carboxylic acids is 3. The summed E-state index contributed by atoms with van der Waals surface area (Å²) in [6.07, 6.45) is -6.76. The molecule has 3 amide bonds. The van der Waals surface area contributed by atoms with Crippen molar-refractivity contribution in [2.24, 2.45) is 0 Å². The summed E-state index contributed by atoms with van der Waals surface area (Å²) in [5, 5.41) is 4.59. The molecule has 0 aliphatic rings. The van der Waals surface area contributed by atoms with E-state index in [-0.39, 0.29) is 26.3 Å². The van der Waals surface area contributed by atoms with Gasteiger partial charge in [-0.15, -0.1) is 0 Å². The second-order valence-corrected chi connectivity index (χ2v) is 6.77. The van der Waals surface area contributed by atoms with Gasteiger partial charge in [-0.25, -0.2) is 9.59 Å². The van der Waals surface area contributed by atoms with Crippen molar-refractivity contribution < 1.29 is 37.0 Å². The van der Waals surface area contributed by atoms with E-state index in [1.807, 2.05) is 0 Å². The number of alkyl halides is 3. The summed E-state index contributed by atoms with van der Waals surface area (Å²) >= 11 is 0. The number of hydrogen-bond donors (Lipinski definition) is 2.